The minimum atomic E-state index is 0.670. The molecule has 0 amide bonds. The highest BCUT2D eigenvalue weighted by molar-refractivity contribution is 7.15. The van der Waals surface area contributed by atoms with Crippen molar-refractivity contribution in [2.24, 2.45) is 0 Å². The summed E-state index contributed by atoms with van der Waals surface area (Å²) in [4.78, 5) is 5.42. The van der Waals surface area contributed by atoms with Crippen LogP contribution in [-0.4, -0.2) is 15.3 Å². The molecule has 0 aromatic carbocycles. The normalized spacial score (nSPS) is 11.2. The minimum Gasteiger partial charge on any atom is -0.294 e. The Morgan fingerprint density at radius 3 is 3.25 bits per heavy atom. The van der Waals surface area contributed by atoms with E-state index in [2.05, 4.69) is 14.8 Å². The van der Waals surface area contributed by atoms with Crippen molar-refractivity contribution < 1.29 is 0 Å². The molecule has 0 aliphatic carbocycles. The van der Waals surface area contributed by atoms with Gasteiger partial charge < -0.3 is 0 Å². The van der Waals surface area contributed by atoms with E-state index in [0.717, 1.165) is 17.1 Å². The molecule has 0 fully saturated rings. The minimum absolute atomic E-state index is 0.670. The molecule has 2 nitrogen and oxygen atoms in total. The average molecular weight is 201 g/mol. The van der Waals surface area contributed by atoms with Gasteiger partial charge in [0.15, 0.2) is 4.96 Å². The third-order valence-electron chi connectivity index (χ3n) is 1.75. The Morgan fingerprint density at radius 1 is 1.67 bits per heavy atom. The van der Waals surface area contributed by atoms with E-state index < -0.39 is 0 Å². The molecular weight excluding hydrogens is 192 g/mol. The van der Waals surface area contributed by atoms with E-state index in [1.54, 1.807) is 11.3 Å². The van der Waals surface area contributed by atoms with Crippen molar-refractivity contribution in [1.82, 2.24) is 9.38 Å². The van der Waals surface area contributed by atoms with Gasteiger partial charge in [0.05, 0.1) is 5.69 Å². The van der Waals surface area contributed by atoms with E-state index in [0.29, 0.717) is 5.88 Å². The number of alkyl halides is 1. The lowest BCUT2D eigenvalue weighted by Crippen LogP contribution is -1.90. The van der Waals surface area contributed by atoms with Gasteiger partial charge in [0, 0.05) is 29.6 Å². The first-order chi connectivity index (χ1) is 5.81. The van der Waals surface area contributed by atoms with Crippen molar-refractivity contribution in [3.63, 3.8) is 0 Å². The predicted octanol–water partition coefficient (Wildman–Crippen LogP) is 2.49. The van der Waals surface area contributed by atoms with Crippen molar-refractivity contribution >= 4 is 27.9 Å². The molecule has 2 aromatic rings. The number of rotatable bonds is 2. The smallest absolute Gasteiger partial charge is 0.194 e. The first kappa shape index (κ1) is 8.08. The fourth-order valence-electron chi connectivity index (χ4n) is 1.22. The molecule has 12 heavy (non-hydrogen) atoms. The quantitative estimate of drug-likeness (QED) is 0.681. The summed E-state index contributed by atoms with van der Waals surface area (Å²) in [6, 6.07) is 0. The Labute approximate surface area is 79.8 Å². The molecule has 0 aliphatic heterocycles. The van der Waals surface area contributed by atoms with E-state index in [9.17, 15) is 0 Å². The zero-order valence-corrected chi connectivity index (χ0v) is 8.32. The van der Waals surface area contributed by atoms with Crippen LogP contribution in [0.4, 0.5) is 0 Å². The van der Waals surface area contributed by atoms with Gasteiger partial charge in [-0.2, -0.15) is 0 Å². The number of hydrogen-bond donors (Lipinski definition) is 0. The van der Waals surface area contributed by atoms with Gasteiger partial charge in [-0.25, -0.2) is 4.98 Å². The van der Waals surface area contributed by atoms with Crippen LogP contribution < -0.4 is 0 Å². The summed E-state index contributed by atoms with van der Waals surface area (Å²) in [5, 5.41) is 2.12. The van der Waals surface area contributed by atoms with Crippen molar-refractivity contribution in [3.05, 3.63) is 23.0 Å². The van der Waals surface area contributed by atoms with Crippen molar-refractivity contribution in [2.75, 3.05) is 5.88 Å². The molecule has 2 heterocycles. The molecule has 4 heteroatoms. The molecule has 0 saturated heterocycles. The summed E-state index contributed by atoms with van der Waals surface area (Å²) < 4.78 is 2.11. The highest BCUT2D eigenvalue weighted by atomic mass is 35.5. The molecule has 0 unspecified atom stereocenters. The van der Waals surface area contributed by atoms with Gasteiger partial charge in [0.1, 0.15) is 0 Å². The molecule has 2 aromatic heterocycles. The van der Waals surface area contributed by atoms with Gasteiger partial charge in [0.25, 0.3) is 0 Å². The van der Waals surface area contributed by atoms with Crippen LogP contribution in [0.15, 0.2) is 11.6 Å². The second-order valence-electron chi connectivity index (χ2n) is 2.70. The van der Waals surface area contributed by atoms with Crippen LogP contribution in [0.1, 0.15) is 11.4 Å². The summed E-state index contributed by atoms with van der Waals surface area (Å²) in [6.07, 6.45) is 2.96. The first-order valence-electron chi connectivity index (χ1n) is 3.79. The number of nitrogens with zero attached hydrogens (tertiary/aromatic N) is 2. The Morgan fingerprint density at radius 2 is 2.50 bits per heavy atom. The van der Waals surface area contributed by atoms with Crippen LogP contribution in [0.2, 0.25) is 0 Å². The lowest BCUT2D eigenvalue weighted by Gasteiger charge is -1.92. The third kappa shape index (κ3) is 1.23. The van der Waals surface area contributed by atoms with Crippen LogP contribution >= 0.6 is 22.9 Å². The number of aromatic nitrogens is 2. The summed E-state index contributed by atoms with van der Waals surface area (Å²) >= 11 is 7.34. The number of imidazole rings is 1. The van der Waals surface area contributed by atoms with Gasteiger partial charge in [-0.1, -0.05) is 0 Å². The van der Waals surface area contributed by atoms with Crippen molar-refractivity contribution in [2.45, 2.75) is 13.3 Å². The topological polar surface area (TPSA) is 17.3 Å². The van der Waals surface area contributed by atoms with Crippen LogP contribution in [0.5, 0.6) is 0 Å². The molecular formula is C8H9ClN2S. The Hall–Kier alpha value is -0.540. The molecule has 0 N–H and O–H groups in total. The Kier molecular flexibility index (Phi) is 2.07. The summed E-state index contributed by atoms with van der Waals surface area (Å²) in [6.45, 7) is 2.00. The summed E-state index contributed by atoms with van der Waals surface area (Å²) in [7, 11) is 0. The molecule has 0 atom stereocenters. The molecule has 0 bridgehead atoms. The average Bonchev–Trinajstić information content (AvgIpc) is 2.52. The van der Waals surface area contributed by atoms with Crippen molar-refractivity contribution in [1.29, 1.82) is 0 Å². The van der Waals surface area contributed by atoms with E-state index in [-0.39, 0.29) is 0 Å². The maximum Gasteiger partial charge on any atom is 0.194 e. The Bertz CT molecular complexity index is 391. The number of fused-ring (bicyclic) bond motifs is 1. The van der Waals surface area contributed by atoms with E-state index in [1.807, 2.05) is 13.1 Å². The SMILES string of the molecule is Cc1cn2c(CCCl)csc2n1. The van der Waals surface area contributed by atoms with Gasteiger partial charge >= 0.3 is 0 Å². The molecule has 0 aliphatic rings. The van der Waals surface area contributed by atoms with E-state index in [4.69, 9.17) is 11.6 Å². The number of aryl methyl sites for hydroxylation is 2. The summed E-state index contributed by atoms with van der Waals surface area (Å²) in [5.74, 6) is 0.670. The van der Waals surface area contributed by atoms with E-state index in [1.165, 1.54) is 5.69 Å². The van der Waals surface area contributed by atoms with Crippen LogP contribution in [0.3, 0.4) is 0 Å². The third-order valence-corrected chi connectivity index (χ3v) is 2.83. The molecule has 0 radical (unpaired) electrons. The van der Waals surface area contributed by atoms with Crippen LogP contribution in [0, 0.1) is 6.92 Å². The molecule has 64 valence electrons. The second kappa shape index (κ2) is 3.07. The van der Waals surface area contributed by atoms with Crippen molar-refractivity contribution in [3.8, 4) is 0 Å². The van der Waals surface area contributed by atoms with Gasteiger partial charge in [0.2, 0.25) is 0 Å². The standard InChI is InChI=1S/C8H9ClN2S/c1-6-4-11-7(2-3-9)5-12-8(11)10-6/h4-5H,2-3H2,1H3. The Balaban J connectivity index is 2.53. The molecule has 0 saturated carbocycles. The zero-order chi connectivity index (χ0) is 8.55. The van der Waals surface area contributed by atoms with E-state index >= 15 is 0 Å². The van der Waals surface area contributed by atoms with Crippen LogP contribution in [0.25, 0.3) is 4.96 Å². The maximum atomic E-state index is 5.67. The predicted molar refractivity (Wildman–Crippen MR) is 52.2 cm³/mol. The zero-order valence-electron chi connectivity index (χ0n) is 6.75. The first-order valence-corrected chi connectivity index (χ1v) is 5.20. The number of halogens is 1. The number of hydrogen-bond acceptors (Lipinski definition) is 2. The lowest BCUT2D eigenvalue weighted by atomic mass is 10.4. The summed E-state index contributed by atoms with van der Waals surface area (Å²) in [5.41, 5.74) is 2.32. The van der Waals surface area contributed by atoms with Gasteiger partial charge in [-0.3, -0.25) is 4.40 Å². The maximum absolute atomic E-state index is 5.67. The molecule has 2 rings (SSSR count). The highest BCUT2D eigenvalue weighted by Crippen LogP contribution is 2.16. The fraction of sp³-hybridized carbons (Fsp3) is 0.375. The van der Waals surface area contributed by atoms with Gasteiger partial charge in [-0.15, -0.1) is 22.9 Å². The number of thiazole rings is 1. The fourth-order valence-corrected chi connectivity index (χ4v) is 2.36. The van der Waals surface area contributed by atoms with Crippen LogP contribution in [-0.2, 0) is 6.42 Å². The highest BCUT2D eigenvalue weighted by Gasteiger charge is 2.04. The second-order valence-corrected chi connectivity index (χ2v) is 3.92. The monoisotopic (exact) mass is 200 g/mol. The lowest BCUT2D eigenvalue weighted by molar-refractivity contribution is 1.01. The largest absolute Gasteiger partial charge is 0.294 e. The molecule has 0 spiro atoms. The van der Waals surface area contributed by atoms with Gasteiger partial charge in [-0.05, 0) is 6.92 Å².